The normalized spacial score (nSPS) is 32.3. The van der Waals surface area contributed by atoms with Crippen LogP contribution < -0.4 is 5.32 Å². The summed E-state index contributed by atoms with van der Waals surface area (Å²) >= 11 is 0. The van der Waals surface area contributed by atoms with Gasteiger partial charge in [-0.1, -0.05) is 20.8 Å². The fourth-order valence-electron chi connectivity index (χ4n) is 4.87. The van der Waals surface area contributed by atoms with Gasteiger partial charge in [-0.25, -0.2) is 9.69 Å². The number of imide groups is 1. The highest BCUT2D eigenvalue weighted by Crippen LogP contribution is 2.43. The molecule has 7 heteroatoms. The molecule has 1 saturated carbocycles. The van der Waals surface area contributed by atoms with E-state index in [1.165, 1.54) is 4.90 Å². The van der Waals surface area contributed by atoms with Crippen molar-refractivity contribution in [3.05, 3.63) is 0 Å². The van der Waals surface area contributed by atoms with Gasteiger partial charge in [0.15, 0.2) is 0 Å². The smallest absolute Gasteiger partial charge is 0.326 e. The number of nitrogens with zero attached hydrogens (tertiary/aromatic N) is 3. The summed E-state index contributed by atoms with van der Waals surface area (Å²) in [5.41, 5.74) is -0.512. The average molecular weight is 379 g/mol. The van der Waals surface area contributed by atoms with Crippen LogP contribution in [-0.2, 0) is 9.59 Å². The van der Waals surface area contributed by atoms with Crippen LogP contribution in [0.3, 0.4) is 0 Å². The zero-order chi connectivity index (χ0) is 20.0. The van der Waals surface area contributed by atoms with Crippen LogP contribution in [0.4, 0.5) is 4.79 Å². The summed E-state index contributed by atoms with van der Waals surface area (Å²) in [4.78, 5) is 43.1. The minimum Gasteiger partial charge on any atom is -0.347 e. The van der Waals surface area contributed by atoms with Gasteiger partial charge in [0.25, 0.3) is 5.91 Å². The van der Waals surface area contributed by atoms with Crippen molar-refractivity contribution in [2.24, 2.45) is 11.3 Å². The van der Waals surface area contributed by atoms with Crippen LogP contribution in [0.5, 0.6) is 0 Å². The molecule has 2 saturated heterocycles. The first-order chi connectivity index (χ1) is 12.5. The minimum atomic E-state index is -0.736. The molecule has 2 aliphatic heterocycles. The zero-order valence-electron chi connectivity index (χ0n) is 17.4. The predicted molar refractivity (Wildman–Crippen MR) is 103 cm³/mol. The van der Waals surface area contributed by atoms with Crippen molar-refractivity contribution in [3.63, 3.8) is 0 Å². The molecule has 1 aliphatic carbocycles. The van der Waals surface area contributed by atoms with Gasteiger partial charge in [0.05, 0.1) is 12.7 Å². The summed E-state index contributed by atoms with van der Waals surface area (Å²) < 4.78 is 0. The summed E-state index contributed by atoms with van der Waals surface area (Å²) in [6.07, 6.45) is 5.00. The van der Waals surface area contributed by atoms with E-state index in [4.69, 9.17) is 0 Å². The number of rotatable bonds is 3. The second kappa shape index (κ2) is 7.08. The first-order valence-electron chi connectivity index (χ1n) is 10.1. The molecule has 0 aromatic carbocycles. The van der Waals surface area contributed by atoms with Crippen molar-refractivity contribution in [1.82, 2.24) is 20.0 Å². The van der Waals surface area contributed by atoms with E-state index in [9.17, 15) is 14.4 Å². The lowest BCUT2D eigenvalue weighted by Gasteiger charge is -2.40. The molecule has 3 rings (SSSR count). The Bertz CT molecular complexity index is 617. The molecule has 27 heavy (non-hydrogen) atoms. The number of urea groups is 1. The van der Waals surface area contributed by atoms with E-state index in [0.29, 0.717) is 18.8 Å². The number of carbonyl (C=O) groups excluding carboxylic acids is 3. The van der Waals surface area contributed by atoms with Crippen LogP contribution >= 0.6 is 0 Å². The third-order valence-electron chi connectivity index (χ3n) is 6.72. The lowest BCUT2D eigenvalue weighted by Crippen LogP contribution is -2.52. The molecule has 7 nitrogen and oxygen atoms in total. The highest BCUT2D eigenvalue weighted by molar-refractivity contribution is 6.07. The number of hydrogen-bond donors (Lipinski definition) is 1. The van der Waals surface area contributed by atoms with Crippen molar-refractivity contribution in [3.8, 4) is 0 Å². The second-order valence-corrected chi connectivity index (χ2v) is 9.73. The van der Waals surface area contributed by atoms with Gasteiger partial charge in [0, 0.05) is 20.6 Å². The Kier molecular flexibility index (Phi) is 5.27. The van der Waals surface area contributed by atoms with E-state index < -0.39 is 5.54 Å². The molecule has 1 N–H and O–H groups in total. The Morgan fingerprint density at radius 3 is 2.37 bits per heavy atom. The first kappa shape index (κ1) is 20.1. The molecule has 1 atom stereocenters. The Labute approximate surface area is 162 Å². The fourth-order valence-corrected chi connectivity index (χ4v) is 4.87. The number of amides is 4. The second-order valence-electron chi connectivity index (χ2n) is 9.73. The molecular weight excluding hydrogens is 344 g/mol. The minimum absolute atomic E-state index is 0.0416. The van der Waals surface area contributed by atoms with Crippen LogP contribution in [0.1, 0.15) is 59.3 Å². The molecule has 3 aliphatic rings. The molecule has 0 aromatic heterocycles. The van der Waals surface area contributed by atoms with Crippen molar-refractivity contribution in [2.75, 3.05) is 27.3 Å². The molecule has 0 bridgehead atoms. The Morgan fingerprint density at radius 2 is 1.81 bits per heavy atom. The molecular formula is C20H34N4O3. The van der Waals surface area contributed by atoms with Crippen LogP contribution in [0.2, 0.25) is 0 Å². The standard InChI is InChI=1S/C20H34N4O3/c1-19(2,3)14-8-10-20(11-9-14)17(26)24(18(27)21-20)13-23-12-6-7-15(23)16(25)22(4)5/h14-15H,6-13H2,1-5H3,(H,21,27). The van der Waals surface area contributed by atoms with Gasteiger partial charge in [0.2, 0.25) is 5.91 Å². The molecule has 1 spiro atoms. The monoisotopic (exact) mass is 378 g/mol. The highest BCUT2D eigenvalue weighted by atomic mass is 16.2. The van der Waals surface area contributed by atoms with E-state index in [2.05, 4.69) is 26.1 Å². The van der Waals surface area contributed by atoms with Crippen LogP contribution in [0.25, 0.3) is 0 Å². The van der Waals surface area contributed by atoms with Crippen molar-refractivity contribution < 1.29 is 14.4 Å². The molecule has 0 aromatic rings. The van der Waals surface area contributed by atoms with Gasteiger partial charge >= 0.3 is 6.03 Å². The summed E-state index contributed by atoms with van der Waals surface area (Å²) in [7, 11) is 3.49. The Hall–Kier alpha value is -1.63. The summed E-state index contributed by atoms with van der Waals surface area (Å²) in [5, 5.41) is 3.00. The molecule has 2 heterocycles. The van der Waals surface area contributed by atoms with E-state index in [1.807, 2.05) is 4.90 Å². The fraction of sp³-hybridized carbons (Fsp3) is 0.850. The Balaban J connectivity index is 1.68. The van der Waals surface area contributed by atoms with E-state index >= 15 is 0 Å². The summed E-state index contributed by atoms with van der Waals surface area (Å²) in [5.74, 6) is 0.505. The third kappa shape index (κ3) is 3.71. The molecule has 152 valence electrons. The quantitative estimate of drug-likeness (QED) is 0.763. The van der Waals surface area contributed by atoms with Gasteiger partial charge in [-0.3, -0.25) is 14.5 Å². The van der Waals surface area contributed by atoms with Gasteiger partial charge in [-0.15, -0.1) is 0 Å². The lowest BCUT2D eigenvalue weighted by atomic mass is 9.67. The summed E-state index contributed by atoms with van der Waals surface area (Å²) in [6.45, 7) is 7.67. The van der Waals surface area contributed by atoms with E-state index in [1.54, 1.807) is 19.0 Å². The van der Waals surface area contributed by atoms with Gasteiger partial charge < -0.3 is 10.2 Å². The maximum Gasteiger partial charge on any atom is 0.326 e. The van der Waals surface area contributed by atoms with Crippen LogP contribution in [0.15, 0.2) is 0 Å². The lowest BCUT2D eigenvalue weighted by molar-refractivity contribution is -0.138. The van der Waals surface area contributed by atoms with Crippen LogP contribution in [0, 0.1) is 11.3 Å². The number of carbonyl (C=O) groups is 3. The van der Waals surface area contributed by atoms with Gasteiger partial charge in [-0.05, 0) is 49.9 Å². The molecule has 0 radical (unpaired) electrons. The number of likely N-dealkylation sites (tertiary alicyclic amines) is 1. The van der Waals surface area contributed by atoms with Gasteiger partial charge in [0.1, 0.15) is 5.54 Å². The molecule has 4 amide bonds. The SMILES string of the molecule is CN(C)C(=O)C1CCCN1CN1C(=O)NC2(CCC(C(C)(C)C)CC2)C1=O. The predicted octanol–water partition coefficient (Wildman–Crippen LogP) is 2.02. The first-order valence-corrected chi connectivity index (χ1v) is 10.1. The van der Waals surface area contributed by atoms with Crippen molar-refractivity contribution in [1.29, 1.82) is 0 Å². The number of likely N-dealkylation sites (N-methyl/N-ethyl adjacent to an activating group) is 1. The number of hydrogen-bond acceptors (Lipinski definition) is 4. The molecule has 1 unspecified atom stereocenters. The zero-order valence-corrected chi connectivity index (χ0v) is 17.4. The Morgan fingerprint density at radius 1 is 1.19 bits per heavy atom. The number of nitrogens with one attached hydrogen (secondary N) is 1. The van der Waals surface area contributed by atoms with Gasteiger partial charge in [-0.2, -0.15) is 0 Å². The highest BCUT2D eigenvalue weighted by Gasteiger charge is 2.54. The topological polar surface area (TPSA) is 73.0 Å². The maximum absolute atomic E-state index is 13.2. The van der Waals surface area contributed by atoms with E-state index in [0.717, 1.165) is 32.2 Å². The van der Waals surface area contributed by atoms with Crippen LogP contribution in [-0.4, -0.2) is 71.4 Å². The largest absolute Gasteiger partial charge is 0.347 e. The van der Waals surface area contributed by atoms with Crippen molar-refractivity contribution in [2.45, 2.75) is 70.9 Å². The third-order valence-corrected chi connectivity index (χ3v) is 6.72. The molecule has 3 fully saturated rings. The average Bonchev–Trinajstić information content (AvgIpc) is 3.13. The maximum atomic E-state index is 13.2. The van der Waals surface area contributed by atoms with Crippen molar-refractivity contribution >= 4 is 17.8 Å². The summed E-state index contributed by atoms with van der Waals surface area (Å²) in [6, 6.07) is -0.550. The van der Waals surface area contributed by atoms with E-state index in [-0.39, 0.29) is 36.0 Å².